The first-order valence-corrected chi connectivity index (χ1v) is 6.06. The van der Waals surface area contributed by atoms with Crippen LogP contribution in [0.2, 0.25) is 0 Å². The van der Waals surface area contributed by atoms with E-state index < -0.39 is 6.04 Å². The maximum Gasteiger partial charge on any atom is 0.236 e. The quantitative estimate of drug-likeness (QED) is 0.898. The number of carbonyl (C=O) groups is 1. The molecule has 2 aromatic heterocycles. The molecule has 0 saturated heterocycles. The van der Waals surface area contributed by atoms with Crippen LogP contribution >= 0.6 is 23.7 Å². The molecule has 0 saturated carbocycles. The zero-order valence-corrected chi connectivity index (χ0v) is 11.4. The van der Waals surface area contributed by atoms with Crippen LogP contribution in [-0.2, 0) is 11.3 Å². The van der Waals surface area contributed by atoms with Crippen molar-refractivity contribution in [1.29, 1.82) is 0 Å². The van der Waals surface area contributed by atoms with E-state index in [1.165, 1.54) is 6.26 Å². The maximum atomic E-state index is 11.3. The smallest absolute Gasteiger partial charge is 0.236 e. The molecule has 98 valence electrons. The number of rotatable bonds is 4. The van der Waals surface area contributed by atoms with Crippen molar-refractivity contribution < 1.29 is 9.21 Å². The molecule has 1 amide bonds. The highest BCUT2D eigenvalue weighted by Crippen LogP contribution is 2.23. The van der Waals surface area contributed by atoms with E-state index in [-0.39, 0.29) is 18.3 Å². The van der Waals surface area contributed by atoms with Crippen molar-refractivity contribution in [3.05, 3.63) is 29.5 Å². The van der Waals surface area contributed by atoms with Gasteiger partial charge in [0.15, 0.2) is 0 Å². The lowest BCUT2D eigenvalue weighted by atomic mass is 10.3. The highest BCUT2D eigenvalue weighted by molar-refractivity contribution is 7.13. The van der Waals surface area contributed by atoms with Gasteiger partial charge in [-0.25, -0.2) is 4.98 Å². The standard InChI is InChI=1S/C11H13N3O2S.ClH/c1-7(12)10(15)13-5-8-6-16-11(14-8)9-3-2-4-17-9;/h2-4,6-7H,5,12H2,1H3,(H,13,15);1H/t7-;/m0./s1. The molecule has 2 heterocycles. The summed E-state index contributed by atoms with van der Waals surface area (Å²) in [5.74, 6) is 0.371. The Balaban J connectivity index is 0.00000162. The predicted molar refractivity (Wildman–Crippen MR) is 72.6 cm³/mol. The summed E-state index contributed by atoms with van der Waals surface area (Å²) < 4.78 is 5.32. The molecule has 18 heavy (non-hydrogen) atoms. The zero-order chi connectivity index (χ0) is 12.3. The van der Waals surface area contributed by atoms with Gasteiger partial charge in [-0.1, -0.05) is 6.07 Å². The van der Waals surface area contributed by atoms with Crippen LogP contribution in [0.3, 0.4) is 0 Å². The molecule has 0 fully saturated rings. The number of halogens is 1. The fraction of sp³-hybridized carbons (Fsp3) is 0.273. The summed E-state index contributed by atoms with van der Waals surface area (Å²) >= 11 is 1.56. The Morgan fingerprint density at radius 2 is 2.44 bits per heavy atom. The van der Waals surface area contributed by atoms with E-state index >= 15 is 0 Å². The molecule has 2 rings (SSSR count). The molecule has 5 nitrogen and oxygen atoms in total. The number of nitrogens with one attached hydrogen (secondary N) is 1. The molecule has 0 aliphatic carbocycles. The SMILES string of the molecule is C[C@H](N)C(=O)NCc1coc(-c2cccs2)n1.Cl. The number of amides is 1. The molecule has 0 bridgehead atoms. The average Bonchev–Trinajstić information content (AvgIpc) is 2.95. The van der Waals surface area contributed by atoms with E-state index in [1.54, 1.807) is 18.3 Å². The Kier molecular flexibility index (Phi) is 5.33. The highest BCUT2D eigenvalue weighted by Gasteiger charge is 2.10. The molecule has 2 aromatic rings. The molecule has 3 N–H and O–H groups in total. The largest absolute Gasteiger partial charge is 0.443 e. The summed E-state index contributed by atoms with van der Waals surface area (Å²) in [6, 6.07) is 3.35. The van der Waals surface area contributed by atoms with Gasteiger partial charge in [-0.2, -0.15) is 0 Å². The molecular weight excluding hydrogens is 274 g/mol. The third-order valence-corrected chi connectivity index (χ3v) is 3.00. The van der Waals surface area contributed by atoms with Gasteiger partial charge in [-0.05, 0) is 18.4 Å². The molecule has 0 unspecified atom stereocenters. The van der Waals surface area contributed by atoms with Crippen molar-refractivity contribution in [3.63, 3.8) is 0 Å². The van der Waals surface area contributed by atoms with Crippen molar-refractivity contribution in [1.82, 2.24) is 10.3 Å². The lowest BCUT2D eigenvalue weighted by Crippen LogP contribution is -2.37. The first-order valence-electron chi connectivity index (χ1n) is 5.18. The number of aromatic nitrogens is 1. The molecule has 0 aliphatic rings. The zero-order valence-electron chi connectivity index (χ0n) is 9.75. The van der Waals surface area contributed by atoms with Crippen LogP contribution in [0.4, 0.5) is 0 Å². The minimum atomic E-state index is -0.515. The van der Waals surface area contributed by atoms with Gasteiger partial charge in [-0.3, -0.25) is 4.79 Å². The molecule has 0 radical (unpaired) electrons. The molecule has 0 aromatic carbocycles. The van der Waals surface area contributed by atoms with Crippen LogP contribution in [0.25, 0.3) is 10.8 Å². The van der Waals surface area contributed by atoms with Crippen LogP contribution in [0, 0.1) is 0 Å². The van der Waals surface area contributed by atoms with Crippen molar-refractivity contribution in [2.75, 3.05) is 0 Å². The van der Waals surface area contributed by atoms with Gasteiger partial charge in [0.1, 0.15) is 6.26 Å². The lowest BCUT2D eigenvalue weighted by Gasteiger charge is -2.04. The minimum absolute atomic E-state index is 0. The number of carbonyl (C=O) groups excluding carboxylic acids is 1. The second kappa shape index (κ2) is 6.53. The Hall–Kier alpha value is -1.37. The molecule has 1 atom stereocenters. The van der Waals surface area contributed by atoms with Crippen molar-refractivity contribution in [2.24, 2.45) is 5.73 Å². The van der Waals surface area contributed by atoms with Crippen LogP contribution in [0.1, 0.15) is 12.6 Å². The van der Waals surface area contributed by atoms with Gasteiger partial charge >= 0.3 is 0 Å². The first kappa shape index (κ1) is 14.7. The molecule has 0 aliphatic heterocycles. The summed E-state index contributed by atoms with van der Waals surface area (Å²) in [4.78, 5) is 16.5. The lowest BCUT2D eigenvalue weighted by molar-refractivity contribution is -0.122. The monoisotopic (exact) mass is 287 g/mol. The second-order valence-electron chi connectivity index (χ2n) is 3.63. The van der Waals surface area contributed by atoms with Gasteiger partial charge in [0.2, 0.25) is 11.8 Å². The fourth-order valence-corrected chi connectivity index (χ4v) is 1.90. The minimum Gasteiger partial charge on any atom is -0.443 e. The molecular formula is C11H14ClN3O2S. The summed E-state index contributed by atoms with van der Waals surface area (Å²) in [5.41, 5.74) is 6.11. The average molecular weight is 288 g/mol. The predicted octanol–water partition coefficient (Wildman–Crippen LogP) is 1.79. The van der Waals surface area contributed by atoms with E-state index in [9.17, 15) is 4.79 Å². The Morgan fingerprint density at radius 3 is 3.06 bits per heavy atom. The van der Waals surface area contributed by atoms with E-state index in [2.05, 4.69) is 10.3 Å². The third kappa shape index (κ3) is 3.56. The summed E-state index contributed by atoms with van der Waals surface area (Å²) in [7, 11) is 0. The number of nitrogens with zero attached hydrogens (tertiary/aromatic N) is 1. The Bertz CT molecular complexity index is 496. The van der Waals surface area contributed by atoms with Gasteiger partial charge in [0, 0.05) is 0 Å². The van der Waals surface area contributed by atoms with Crippen LogP contribution in [-0.4, -0.2) is 16.9 Å². The fourth-order valence-electron chi connectivity index (χ4n) is 1.24. The van der Waals surface area contributed by atoms with Gasteiger partial charge < -0.3 is 15.5 Å². The number of hydrogen-bond donors (Lipinski definition) is 2. The second-order valence-corrected chi connectivity index (χ2v) is 4.58. The van der Waals surface area contributed by atoms with Crippen molar-refractivity contribution >= 4 is 29.7 Å². The third-order valence-electron chi connectivity index (χ3n) is 2.14. The van der Waals surface area contributed by atoms with E-state index in [1.807, 2.05) is 17.5 Å². The summed E-state index contributed by atoms with van der Waals surface area (Å²) in [6.45, 7) is 1.96. The number of oxazole rings is 1. The summed E-state index contributed by atoms with van der Waals surface area (Å²) in [6.07, 6.45) is 1.54. The highest BCUT2D eigenvalue weighted by atomic mass is 35.5. The summed E-state index contributed by atoms with van der Waals surface area (Å²) in [5, 5.41) is 4.63. The van der Waals surface area contributed by atoms with Crippen molar-refractivity contribution in [2.45, 2.75) is 19.5 Å². The maximum absolute atomic E-state index is 11.3. The number of hydrogen-bond acceptors (Lipinski definition) is 5. The molecule has 7 heteroatoms. The van der Waals surface area contributed by atoms with Crippen molar-refractivity contribution in [3.8, 4) is 10.8 Å². The molecule has 0 spiro atoms. The first-order chi connectivity index (χ1) is 8.16. The van der Waals surface area contributed by atoms with Crippen LogP contribution < -0.4 is 11.1 Å². The van der Waals surface area contributed by atoms with Gasteiger partial charge in [0.05, 0.1) is 23.2 Å². The van der Waals surface area contributed by atoms with E-state index in [0.29, 0.717) is 18.1 Å². The van der Waals surface area contributed by atoms with E-state index in [4.69, 9.17) is 10.2 Å². The normalized spacial score (nSPS) is 11.7. The topological polar surface area (TPSA) is 81.2 Å². The van der Waals surface area contributed by atoms with Crippen LogP contribution in [0.15, 0.2) is 28.2 Å². The van der Waals surface area contributed by atoms with E-state index in [0.717, 1.165) is 4.88 Å². The number of thiophene rings is 1. The van der Waals surface area contributed by atoms with Crippen LogP contribution in [0.5, 0.6) is 0 Å². The Labute approximate surface area is 115 Å². The van der Waals surface area contributed by atoms with Gasteiger partial charge in [-0.15, -0.1) is 23.7 Å². The number of nitrogens with two attached hydrogens (primary N) is 1. The van der Waals surface area contributed by atoms with Gasteiger partial charge in [0.25, 0.3) is 0 Å². The Morgan fingerprint density at radius 1 is 1.67 bits per heavy atom.